The molecule has 1 fully saturated rings. The molecule has 0 saturated carbocycles. The highest BCUT2D eigenvalue weighted by atomic mass is 16.7. The Labute approximate surface area is 186 Å². The number of hydrogen-bond acceptors (Lipinski definition) is 5. The number of methoxy groups -OCH3 is 1. The average molecular weight is 423 g/mol. The Morgan fingerprint density at radius 2 is 1.32 bits per heavy atom. The van der Waals surface area contributed by atoms with E-state index in [0.29, 0.717) is 13.1 Å². The maximum Gasteiger partial charge on any atom is 0.463 e. The molecule has 2 aromatic rings. The van der Waals surface area contributed by atoms with E-state index in [1.54, 1.807) is 0 Å². The topological polar surface area (TPSA) is 48.0 Å². The maximum atomic E-state index is 13.1. The number of ether oxygens (including phenoxy) is 1. The molecule has 0 aromatic heterocycles. The molecule has 0 bridgehead atoms. The largest absolute Gasteiger partial charge is 0.468 e. The lowest BCUT2D eigenvalue weighted by molar-refractivity contribution is -0.148. The van der Waals surface area contributed by atoms with Crippen molar-refractivity contribution in [3.05, 3.63) is 71.8 Å². The Bertz CT molecular complexity index is 799. The van der Waals surface area contributed by atoms with Gasteiger partial charge in [0.1, 0.15) is 6.04 Å². The number of nitrogens with zero attached hydrogens (tertiary/aromatic N) is 1. The fourth-order valence-electron chi connectivity index (χ4n) is 3.96. The second-order valence-corrected chi connectivity index (χ2v) is 9.33. The van der Waals surface area contributed by atoms with Crippen molar-refractivity contribution in [2.75, 3.05) is 7.11 Å². The van der Waals surface area contributed by atoms with Gasteiger partial charge in [-0.1, -0.05) is 67.6 Å². The molecule has 1 aliphatic heterocycles. The van der Waals surface area contributed by atoms with Crippen LogP contribution in [0.5, 0.6) is 0 Å². The van der Waals surface area contributed by atoms with Gasteiger partial charge < -0.3 is 14.0 Å². The Kier molecular flexibility index (Phi) is 7.25. The van der Waals surface area contributed by atoms with Crippen LogP contribution in [0.4, 0.5) is 0 Å². The van der Waals surface area contributed by atoms with E-state index in [4.69, 9.17) is 14.0 Å². The Balaban J connectivity index is 1.93. The molecule has 0 N–H and O–H groups in total. The third-order valence-corrected chi connectivity index (χ3v) is 6.49. The lowest BCUT2D eigenvalue weighted by atomic mass is 9.68. The SMILES string of the molecule is COC(=O)[C@H]([C@H](C)B1OC(C)(C)C(C)(C)O1)N(Cc1ccccc1)Cc1ccccc1. The third kappa shape index (κ3) is 5.38. The summed E-state index contributed by atoms with van der Waals surface area (Å²) in [4.78, 5) is 15.2. The molecular weight excluding hydrogens is 389 g/mol. The molecule has 0 spiro atoms. The summed E-state index contributed by atoms with van der Waals surface area (Å²) in [5.41, 5.74) is 1.34. The van der Waals surface area contributed by atoms with E-state index in [9.17, 15) is 4.79 Å². The maximum absolute atomic E-state index is 13.1. The van der Waals surface area contributed by atoms with Crippen molar-refractivity contribution in [2.24, 2.45) is 0 Å². The number of rotatable bonds is 8. The van der Waals surface area contributed by atoms with Crippen LogP contribution in [-0.2, 0) is 31.9 Å². The second-order valence-electron chi connectivity index (χ2n) is 9.33. The fourth-order valence-corrected chi connectivity index (χ4v) is 3.96. The average Bonchev–Trinajstić information content (AvgIpc) is 2.96. The standard InChI is InChI=1S/C25H34BNO4/c1-19(26-30-24(2,3)25(4,5)31-26)22(23(28)29-6)27(17-20-13-9-7-10-14-20)18-21-15-11-8-12-16-21/h7-16,19,22H,17-18H2,1-6H3/t19-,22-/m0/s1. The summed E-state index contributed by atoms with van der Waals surface area (Å²) in [6, 6.07) is 19.8. The molecule has 31 heavy (non-hydrogen) atoms. The van der Waals surface area contributed by atoms with Crippen molar-refractivity contribution in [3.8, 4) is 0 Å². The molecule has 3 rings (SSSR count). The first-order valence-corrected chi connectivity index (χ1v) is 10.9. The first-order valence-electron chi connectivity index (χ1n) is 10.9. The van der Waals surface area contributed by atoms with Crippen molar-refractivity contribution >= 4 is 13.1 Å². The molecule has 2 aromatic carbocycles. The van der Waals surface area contributed by atoms with E-state index >= 15 is 0 Å². The van der Waals surface area contributed by atoms with Crippen LogP contribution in [0.25, 0.3) is 0 Å². The van der Waals surface area contributed by atoms with Crippen LogP contribution in [0.3, 0.4) is 0 Å². The minimum absolute atomic E-state index is 0.235. The van der Waals surface area contributed by atoms with E-state index in [0.717, 1.165) is 11.1 Å². The Morgan fingerprint density at radius 3 is 1.71 bits per heavy atom. The molecule has 1 saturated heterocycles. The zero-order valence-electron chi connectivity index (χ0n) is 19.5. The highest BCUT2D eigenvalue weighted by Gasteiger charge is 2.55. The molecular formula is C25H34BNO4. The Hall–Kier alpha value is -2.15. The van der Waals surface area contributed by atoms with Crippen LogP contribution >= 0.6 is 0 Å². The zero-order chi connectivity index (χ0) is 22.6. The van der Waals surface area contributed by atoms with Gasteiger partial charge in [-0.15, -0.1) is 0 Å². The van der Waals surface area contributed by atoms with Gasteiger partial charge in [0.15, 0.2) is 0 Å². The highest BCUT2D eigenvalue weighted by Crippen LogP contribution is 2.41. The van der Waals surface area contributed by atoms with Gasteiger partial charge in [-0.3, -0.25) is 9.69 Å². The van der Waals surface area contributed by atoms with Crippen LogP contribution < -0.4 is 0 Å². The first kappa shape index (κ1) is 23.5. The van der Waals surface area contributed by atoms with E-state index < -0.39 is 24.4 Å². The van der Waals surface area contributed by atoms with Crippen molar-refractivity contribution in [3.63, 3.8) is 0 Å². The number of benzene rings is 2. The molecule has 0 amide bonds. The molecule has 166 valence electrons. The van der Waals surface area contributed by atoms with Crippen molar-refractivity contribution in [1.82, 2.24) is 4.90 Å². The van der Waals surface area contributed by atoms with Crippen LogP contribution in [0.2, 0.25) is 5.82 Å². The van der Waals surface area contributed by atoms with E-state index in [-0.39, 0.29) is 11.8 Å². The number of esters is 1. The normalized spacial score (nSPS) is 19.3. The first-order chi connectivity index (χ1) is 14.6. The van der Waals surface area contributed by atoms with E-state index in [2.05, 4.69) is 29.2 Å². The lowest BCUT2D eigenvalue weighted by Gasteiger charge is -2.34. The molecule has 1 aliphatic rings. The zero-order valence-corrected chi connectivity index (χ0v) is 19.5. The molecule has 0 aliphatic carbocycles. The van der Waals surface area contributed by atoms with Gasteiger partial charge in [-0.2, -0.15) is 0 Å². The molecule has 5 nitrogen and oxygen atoms in total. The second kappa shape index (κ2) is 9.55. The van der Waals surface area contributed by atoms with Gasteiger partial charge in [-0.25, -0.2) is 0 Å². The quantitative estimate of drug-likeness (QED) is 0.455. The van der Waals surface area contributed by atoms with Crippen LogP contribution in [0.15, 0.2) is 60.7 Å². The minimum Gasteiger partial charge on any atom is -0.468 e. The Morgan fingerprint density at radius 1 is 0.903 bits per heavy atom. The smallest absolute Gasteiger partial charge is 0.463 e. The van der Waals surface area contributed by atoms with Gasteiger partial charge in [0, 0.05) is 18.9 Å². The molecule has 6 heteroatoms. The van der Waals surface area contributed by atoms with E-state index in [1.165, 1.54) is 7.11 Å². The van der Waals surface area contributed by atoms with Gasteiger partial charge in [0.2, 0.25) is 0 Å². The van der Waals surface area contributed by atoms with E-state index in [1.807, 2.05) is 71.0 Å². The van der Waals surface area contributed by atoms with Gasteiger partial charge in [0.25, 0.3) is 0 Å². The molecule has 0 unspecified atom stereocenters. The highest BCUT2D eigenvalue weighted by molar-refractivity contribution is 6.48. The monoisotopic (exact) mass is 423 g/mol. The predicted molar refractivity (Wildman–Crippen MR) is 123 cm³/mol. The summed E-state index contributed by atoms with van der Waals surface area (Å²) in [5.74, 6) is -0.519. The summed E-state index contributed by atoms with van der Waals surface area (Å²) in [5, 5.41) is 0. The van der Waals surface area contributed by atoms with Gasteiger partial charge >= 0.3 is 13.1 Å². The number of carbonyl (C=O) groups is 1. The third-order valence-electron chi connectivity index (χ3n) is 6.49. The summed E-state index contributed by atoms with van der Waals surface area (Å²) in [6.45, 7) is 11.3. The molecule has 0 radical (unpaired) electrons. The summed E-state index contributed by atoms with van der Waals surface area (Å²) < 4.78 is 17.9. The molecule has 2 atom stereocenters. The van der Waals surface area contributed by atoms with Crippen LogP contribution in [0.1, 0.15) is 45.7 Å². The molecule has 1 heterocycles. The van der Waals surface area contributed by atoms with Crippen molar-refractivity contribution in [1.29, 1.82) is 0 Å². The van der Waals surface area contributed by atoms with Crippen LogP contribution in [0, 0.1) is 0 Å². The van der Waals surface area contributed by atoms with Crippen molar-refractivity contribution < 1.29 is 18.8 Å². The number of carbonyl (C=O) groups excluding carboxylic acids is 1. The minimum atomic E-state index is -0.528. The summed E-state index contributed by atoms with van der Waals surface area (Å²) in [6.07, 6.45) is 0. The van der Waals surface area contributed by atoms with Gasteiger partial charge in [-0.05, 0) is 38.8 Å². The van der Waals surface area contributed by atoms with Gasteiger partial charge in [0.05, 0.1) is 18.3 Å². The fraction of sp³-hybridized carbons (Fsp3) is 0.480. The number of hydrogen-bond donors (Lipinski definition) is 0. The summed E-state index contributed by atoms with van der Waals surface area (Å²) >= 11 is 0. The van der Waals surface area contributed by atoms with Crippen molar-refractivity contribution in [2.45, 2.75) is 70.8 Å². The van der Waals surface area contributed by atoms with Crippen LogP contribution in [-0.4, -0.2) is 42.3 Å². The summed E-state index contributed by atoms with van der Waals surface area (Å²) in [7, 11) is 0.929. The lowest BCUT2D eigenvalue weighted by Crippen LogP contribution is -2.48. The predicted octanol–water partition coefficient (Wildman–Crippen LogP) is 4.71.